The van der Waals surface area contributed by atoms with Crippen LogP contribution in [0.15, 0.2) is 54.6 Å². The van der Waals surface area contributed by atoms with Gasteiger partial charge in [0.25, 0.3) is 5.91 Å². The SMILES string of the molecule is O=C[C@H](CO)NC(=O)c1ccccc1OCc1ccccc1. The highest BCUT2D eigenvalue weighted by atomic mass is 16.5. The van der Waals surface area contributed by atoms with Gasteiger partial charge in [-0.25, -0.2) is 0 Å². The summed E-state index contributed by atoms with van der Waals surface area (Å²) in [5.41, 5.74) is 1.30. The van der Waals surface area contributed by atoms with Gasteiger partial charge in [-0.1, -0.05) is 42.5 Å². The Labute approximate surface area is 128 Å². The van der Waals surface area contributed by atoms with Gasteiger partial charge >= 0.3 is 0 Å². The highest BCUT2D eigenvalue weighted by Gasteiger charge is 2.16. The Morgan fingerprint density at radius 2 is 1.82 bits per heavy atom. The van der Waals surface area contributed by atoms with E-state index in [4.69, 9.17) is 9.84 Å². The lowest BCUT2D eigenvalue weighted by Gasteiger charge is -2.13. The highest BCUT2D eigenvalue weighted by Crippen LogP contribution is 2.19. The maximum absolute atomic E-state index is 12.1. The summed E-state index contributed by atoms with van der Waals surface area (Å²) in [4.78, 5) is 22.8. The van der Waals surface area contributed by atoms with Crippen LogP contribution in [0.2, 0.25) is 0 Å². The fraction of sp³-hybridized carbons (Fsp3) is 0.176. The van der Waals surface area contributed by atoms with Gasteiger partial charge in [0.15, 0.2) is 0 Å². The molecule has 2 aromatic rings. The molecule has 114 valence electrons. The molecule has 0 radical (unpaired) electrons. The lowest BCUT2D eigenvalue weighted by Crippen LogP contribution is -2.38. The van der Waals surface area contributed by atoms with Crippen LogP contribution in [-0.4, -0.2) is 29.9 Å². The first-order valence-corrected chi connectivity index (χ1v) is 6.87. The van der Waals surface area contributed by atoms with Crippen LogP contribution < -0.4 is 10.1 Å². The van der Waals surface area contributed by atoms with Crippen molar-refractivity contribution in [2.75, 3.05) is 6.61 Å². The van der Waals surface area contributed by atoms with Gasteiger partial charge in [0.1, 0.15) is 24.7 Å². The quantitative estimate of drug-likeness (QED) is 0.761. The van der Waals surface area contributed by atoms with Crippen molar-refractivity contribution in [1.29, 1.82) is 0 Å². The molecule has 2 N–H and O–H groups in total. The molecule has 0 spiro atoms. The molecule has 5 nitrogen and oxygen atoms in total. The standard InChI is InChI=1S/C17H17NO4/c19-10-14(11-20)18-17(21)15-8-4-5-9-16(15)22-12-13-6-2-1-3-7-13/h1-10,14,20H,11-12H2,(H,18,21)/t14-/m1/s1. The summed E-state index contributed by atoms with van der Waals surface area (Å²) >= 11 is 0. The minimum Gasteiger partial charge on any atom is -0.488 e. The number of hydrogen-bond acceptors (Lipinski definition) is 4. The van der Waals surface area contributed by atoms with Gasteiger partial charge in [-0.05, 0) is 17.7 Å². The van der Waals surface area contributed by atoms with Gasteiger partial charge in [0.05, 0.1) is 12.2 Å². The van der Waals surface area contributed by atoms with Crippen molar-refractivity contribution in [3.05, 3.63) is 65.7 Å². The second kappa shape index (κ2) is 7.95. The summed E-state index contributed by atoms with van der Waals surface area (Å²) in [5.74, 6) is -0.0405. The average molecular weight is 299 g/mol. The number of rotatable bonds is 7. The normalized spacial score (nSPS) is 11.5. The molecule has 0 aliphatic heterocycles. The Morgan fingerprint density at radius 1 is 1.14 bits per heavy atom. The highest BCUT2D eigenvalue weighted by molar-refractivity contribution is 5.98. The molecule has 1 atom stereocenters. The molecule has 0 aliphatic rings. The second-order valence-corrected chi connectivity index (χ2v) is 4.67. The third kappa shape index (κ3) is 4.17. The van der Waals surface area contributed by atoms with E-state index in [1.165, 1.54) is 0 Å². The summed E-state index contributed by atoms with van der Waals surface area (Å²) in [7, 11) is 0. The van der Waals surface area contributed by atoms with Gasteiger partial charge < -0.3 is 20.0 Å². The Morgan fingerprint density at radius 3 is 2.50 bits per heavy atom. The number of para-hydroxylation sites is 1. The molecule has 2 aromatic carbocycles. The van der Waals surface area contributed by atoms with Gasteiger partial charge in [-0.3, -0.25) is 4.79 Å². The van der Waals surface area contributed by atoms with Crippen molar-refractivity contribution in [3.8, 4) is 5.75 Å². The van der Waals surface area contributed by atoms with E-state index in [0.717, 1.165) is 5.56 Å². The fourth-order valence-corrected chi connectivity index (χ4v) is 1.88. The second-order valence-electron chi connectivity index (χ2n) is 4.67. The number of amides is 1. The zero-order valence-electron chi connectivity index (χ0n) is 11.9. The summed E-state index contributed by atoms with van der Waals surface area (Å²) in [5, 5.41) is 11.4. The van der Waals surface area contributed by atoms with Gasteiger partial charge in [0, 0.05) is 0 Å². The number of nitrogens with one attached hydrogen (secondary N) is 1. The molecular formula is C17H17NO4. The first-order valence-electron chi connectivity index (χ1n) is 6.87. The smallest absolute Gasteiger partial charge is 0.255 e. The number of aldehydes is 1. The minimum atomic E-state index is -0.922. The van der Waals surface area contributed by atoms with E-state index in [9.17, 15) is 9.59 Å². The van der Waals surface area contributed by atoms with Crippen molar-refractivity contribution in [2.45, 2.75) is 12.6 Å². The molecule has 0 unspecified atom stereocenters. The predicted octanol–water partition coefficient (Wildman–Crippen LogP) is 1.56. The van der Waals surface area contributed by atoms with Crippen LogP contribution in [0.25, 0.3) is 0 Å². The maximum Gasteiger partial charge on any atom is 0.255 e. The van der Waals surface area contributed by atoms with Crippen LogP contribution in [0.1, 0.15) is 15.9 Å². The third-order valence-corrected chi connectivity index (χ3v) is 3.05. The van der Waals surface area contributed by atoms with Crippen LogP contribution in [0.5, 0.6) is 5.75 Å². The van der Waals surface area contributed by atoms with Crippen molar-refractivity contribution in [1.82, 2.24) is 5.32 Å². The van der Waals surface area contributed by atoms with Crippen molar-refractivity contribution in [3.63, 3.8) is 0 Å². The number of aliphatic hydroxyl groups excluding tert-OH is 1. The largest absolute Gasteiger partial charge is 0.488 e. The molecule has 5 heteroatoms. The van der Waals surface area contributed by atoms with Gasteiger partial charge in [-0.2, -0.15) is 0 Å². The van der Waals surface area contributed by atoms with E-state index < -0.39 is 18.6 Å². The molecule has 0 aliphatic carbocycles. The zero-order valence-corrected chi connectivity index (χ0v) is 11.9. The number of carbonyl (C=O) groups is 2. The number of aliphatic hydroxyl groups is 1. The van der Waals surface area contributed by atoms with Crippen LogP contribution in [0, 0.1) is 0 Å². The van der Waals surface area contributed by atoms with Crippen molar-refractivity contribution >= 4 is 12.2 Å². The molecular weight excluding hydrogens is 282 g/mol. The van der Waals surface area contributed by atoms with Crippen LogP contribution in [0.4, 0.5) is 0 Å². The van der Waals surface area contributed by atoms with Crippen molar-refractivity contribution in [2.24, 2.45) is 0 Å². The molecule has 0 saturated heterocycles. The monoisotopic (exact) mass is 299 g/mol. The Kier molecular flexibility index (Phi) is 5.68. The lowest BCUT2D eigenvalue weighted by atomic mass is 10.1. The summed E-state index contributed by atoms with van der Waals surface area (Å²) in [6.07, 6.45) is 0.491. The summed E-state index contributed by atoms with van der Waals surface area (Å²) in [6, 6.07) is 15.4. The van der Waals surface area contributed by atoms with Gasteiger partial charge in [0.2, 0.25) is 0 Å². The van der Waals surface area contributed by atoms with Crippen LogP contribution in [0.3, 0.4) is 0 Å². The van der Waals surface area contributed by atoms with E-state index in [2.05, 4.69) is 5.32 Å². The topological polar surface area (TPSA) is 75.6 Å². The van der Waals surface area contributed by atoms with Crippen molar-refractivity contribution < 1.29 is 19.4 Å². The Bertz CT molecular complexity index is 628. The van der Waals surface area contributed by atoms with Crippen LogP contribution >= 0.6 is 0 Å². The van der Waals surface area contributed by atoms with E-state index in [-0.39, 0.29) is 0 Å². The number of carbonyl (C=O) groups excluding carboxylic acids is 2. The molecule has 0 fully saturated rings. The molecule has 0 bridgehead atoms. The average Bonchev–Trinajstić information content (AvgIpc) is 2.58. The van der Waals surface area contributed by atoms with E-state index >= 15 is 0 Å². The minimum absolute atomic E-state index is 0.318. The molecule has 0 aromatic heterocycles. The third-order valence-electron chi connectivity index (χ3n) is 3.05. The number of hydrogen-bond donors (Lipinski definition) is 2. The summed E-state index contributed by atoms with van der Waals surface area (Å²) < 4.78 is 5.68. The molecule has 0 saturated carbocycles. The Balaban J connectivity index is 2.09. The zero-order chi connectivity index (χ0) is 15.8. The lowest BCUT2D eigenvalue weighted by molar-refractivity contribution is -0.110. The number of benzene rings is 2. The Hall–Kier alpha value is -2.66. The van der Waals surface area contributed by atoms with E-state index in [0.29, 0.717) is 24.2 Å². The van der Waals surface area contributed by atoms with Gasteiger partial charge in [-0.15, -0.1) is 0 Å². The van der Waals surface area contributed by atoms with E-state index in [1.54, 1.807) is 24.3 Å². The maximum atomic E-state index is 12.1. The first-order chi connectivity index (χ1) is 10.7. The summed E-state index contributed by atoms with van der Waals surface area (Å²) in [6.45, 7) is -0.107. The molecule has 22 heavy (non-hydrogen) atoms. The molecule has 1 amide bonds. The number of ether oxygens (including phenoxy) is 1. The molecule has 0 heterocycles. The predicted molar refractivity (Wildman–Crippen MR) is 81.6 cm³/mol. The fourth-order valence-electron chi connectivity index (χ4n) is 1.88. The first kappa shape index (κ1) is 15.7. The van der Waals surface area contributed by atoms with Crippen LogP contribution in [-0.2, 0) is 11.4 Å². The molecule has 2 rings (SSSR count). The van der Waals surface area contributed by atoms with E-state index in [1.807, 2.05) is 30.3 Å².